The van der Waals surface area contributed by atoms with Gasteiger partial charge in [-0.15, -0.1) is 6.58 Å². The van der Waals surface area contributed by atoms with Crippen LogP contribution in [-0.2, 0) is 14.8 Å². The Bertz CT molecular complexity index is 704. The summed E-state index contributed by atoms with van der Waals surface area (Å²) in [5.74, 6) is 0. The summed E-state index contributed by atoms with van der Waals surface area (Å²) in [5.41, 5.74) is 1.73. The maximum atomic E-state index is 12.8. The molecule has 0 saturated carbocycles. The minimum Gasteiger partial charge on any atom is -0.446 e. The van der Waals surface area contributed by atoms with E-state index in [1.807, 2.05) is 6.92 Å². The first-order valence-electron chi connectivity index (χ1n) is 6.95. The summed E-state index contributed by atoms with van der Waals surface area (Å²) in [6.45, 7) is 7.35. The molecule has 0 radical (unpaired) electrons. The summed E-state index contributed by atoms with van der Waals surface area (Å²) in [4.78, 5) is 12.0. The SMILES string of the molecule is C=CC/C(=C/C)[C@H]1COC(=O)N1S(=O)(=O)c1ccc(C)cc1. The van der Waals surface area contributed by atoms with Crippen LogP contribution in [-0.4, -0.2) is 31.5 Å². The number of allylic oxidation sites excluding steroid dienone is 2. The largest absolute Gasteiger partial charge is 0.446 e. The predicted molar refractivity (Wildman–Crippen MR) is 83.9 cm³/mol. The van der Waals surface area contributed by atoms with Crippen molar-refractivity contribution >= 4 is 16.1 Å². The van der Waals surface area contributed by atoms with E-state index in [1.165, 1.54) is 12.1 Å². The first-order chi connectivity index (χ1) is 10.4. The zero-order valence-electron chi connectivity index (χ0n) is 12.7. The Kier molecular flexibility index (Phi) is 4.71. The number of aryl methyl sites for hydroxylation is 1. The third-order valence-electron chi connectivity index (χ3n) is 3.58. The number of hydrogen-bond donors (Lipinski definition) is 0. The summed E-state index contributed by atoms with van der Waals surface area (Å²) in [5, 5.41) is 0. The molecule has 1 atom stereocenters. The zero-order valence-corrected chi connectivity index (χ0v) is 13.5. The topological polar surface area (TPSA) is 63.7 Å². The molecule has 118 valence electrons. The zero-order chi connectivity index (χ0) is 16.3. The minimum atomic E-state index is -3.94. The van der Waals surface area contributed by atoms with Crippen molar-refractivity contribution in [1.82, 2.24) is 4.31 Å². The van der Waals surface area contributed by atoms with Crippen LogP contribution in [0.15, 0.2) is 53.5 Å². The van der Waals surface area contributed by atoms with Gasteiger partial charge in [0, 0.05) is 0 Å². The monoisotopic (exact) mass is 321 g/mol. The van der Waals surface area contributed by atoms with Gasteiger partial charge in [0.2, 0.25) is 0 Å². The molecule has 0 aliphatic carbocycles. The lowest BCUT2D eigenvalue weighted by atomic mass is 10.1. The van der Waals surface area contributed by atoms with Gasteiger partial charge in [0.25, 0.3) is 10.0 Å². The van der Waals surface area contributed by atoms with Crippen LogP contribution in [0.4, 0.5) is 4.79 Å². The van der Waals surface area contributed by atoms with Crippen molar-refractivity contribution in [1.29, 1.82) is 0 Å². The fourth-order valence-corrected chi connectivity index (χ4v) is 3.86. The molecule has 0 aromatic heterocycles. The second-order valence-electron chi connectivity index (χ2n) is 5.06. The lowest BCUT2D eigenvalue weighted by Crippen LogP contribution is -2.40. The normalized spacial score (nSPS) is 19.2. The Balaban J connectivity index is 2.44. The summed E-state index contributed by atoms with van der Waals surface area (Å²) >= 11 is 0. The van der Waals surface area contributed by atoms with Crippen LogP contribution in [0.1, 0.15) is 18.9 Å². The van der Waals surface area contributed by atoms with Gasteiger partial charge in [0.05, 0.1) is 4.90 Å². The first kappa shape index (κ1) is 16.3. The van der Waals surface area contributed by atoms with Crippen molar-refractivity contribution in [3.8, 4) is 0 Å². The first-order valence-corrected chi connectivity index (χ1v) is 8.39. The highest BCUT2D eigenvalue weighted by molar-refractivity contribution is 7.89. The number of hydrogen-bond acceptors (Lipinski definition) is 4. The van der Waals surface area contributed by atoms with Gasteiger partial charge in [-0.3, -0.25) is 0 Å². The average molecular weight is 321 g/mol. The highest BCUT2D eigenvalue weighted by Crippen LogP contribution is 2.29. The summed E-state index contributed by atoms with van der Waals surface area (Å²) in [7, 11) is -3.94. The van der Waals surface area contributed by atoms with Gasteiger partial charge < -0.3 is 4.74 Å². The molecule has 1 heterocycles. The van der Waals surface area contributed by atoms with Crippen LogP contribution >= 0.6 is 0 Å². The predicted octanol–water partition coefficient (Wildman–Crippen LogP) is 3.03. The number of ether oxygens (including phenoxy) is 1. The van der Waals surface area contributed by atoms with E-state index in [1.54, 1.807) is 31.2 Å². The van der Waals surface area contributed by atoms with Crippen LogP contribution < -0.4 is 0 Å². The van der Waals surface area contributed by atoms with E-state index in [-0.39, 0.29) is 11.5 Å². The minimum absolute atomic E-state index is 0.0252. The molecule has 22 heavy (non-hydrogen) atoms. The number of rotatable bonds is 5. The fraction of sp³-hybridized carbons (Fsp3) is 0.312. The van der Waals surface area contributed by atoms with Crippen LogP contribution in [0.25, 0.3) is 0 Å². The standard InChI is InChI=1S/C16H19NO4S/c1-4-6-13(5-2)15-11-21-16(18)17(15)22(19,20)14-9-7-12(3)8-10-14/h4-5,7-10,15H,1,6,11H2,2-3H3/b13-5-/t15-/m1/s1. The molecule has 1 amide bonds. The molecular formula is C16H19NO4S. The summed E-state index contributed by atoms with van der Waals surface area (Å²) in [6.07, 6.45) is 3.13. The van der Waals surface area contributed by atoms with E-state index in [2.05, 4.69) is 6.58 Å². The van der Waals surface area contributed by atoms with E-state index < -0.39 is 22.2 Å². The third-order valence-corrected chi connectivity index (χ3v) is 5.37. The third kappa shape index (κ3) is 2.92. The molecule has 1 saturated heterocycles. The summed E-state index contributed by atoms with van der Waals surface area (Å²) < 4.78 is 31.3. The van der Waals surface area contributed by atoms with Crippen molar-refractivity contribution in [2.75, 3.05) is 6.61 Å². The quantitative estimate of drug-likeness (QED) is 0.782. The molecule has 0 spiro atoms. The molecule has 1 aliphatic rings. The number of cyclic esters (lactones) is 1. The Hall–Kier alpha value is -2.08. The number of carbonyl (C=O) groups excluding carboxylic acids is 1. The van der Waals surface area contributed by atoms with Crippen molar-refractivity contribution in [3.05, 3.63) is 54.1 Å². The molecule has 1 aromatic carbocycles. The number of carbonyl (C=O) groups is 1. The van der Waals surface area contributed by atoms with Gasteiger partial charge in [-0.1, -0.05) is 29.8 Å². The maximum Gasteiger partial charge on any atom is 0.424 e. The Morgan fingerprint density at radius 2 is 2.05 bits per heavy atom. The molecule has 0 N–H and O–H groups in total. The smallest absolute Gasteiger partial charge is 0.424 e. The Labute approximate surface area is 130 Å². The van der Waals surface area contributed by atoms with Crippen molar-refractivity contribution in [2.45, 2.75) is 31.2 Å². The van der Waals surface area contributed by atoms with Gasteiger partial charge in [-0.05, 0) is 38.0 Å². The second kappa shape index (κ2) is 6.36. The number of sulfonamides is 1. The number of benzene rings is 1. The van der Waals surface area contributed by atoms with E-state index in [9.17, 15) is 13.2 Å². The molecule has 5 nitrogen and oxygen atoms in total. The highest BCUT2D eigenvalue weighted by atomic mass is 32.2. The number of amides is 1. The second-order valence-corrected chi connectivity index (χ2v) is 6.88. The molecular weight excluding hydrogens is 302 g/mol. The van der Waals surface area contributed by atoms with Crippen molar-refractivity contribution in [2.24, 2.45) is 0 Å². The van der Waals surface area contributed by atoms with Gasteiger partial charge in [-0.2, -0.15) is 4.31 Å². The molecule has 1 aromatic rings. The number of nitrogens with zero attached hydrogens (tertiary/aromatic N) is 1. The van der Waals surface area contributed by atoms with Gasteiger partial charge in [-0.25, -0.2) is 13.2 Å². The molecule has 0 unspecified atom stereocenters. The van der Waals surface area contributed by atoms with Gasteiger partial charge in [0.15, 0.2) is 0 Å². The van der Waals surface area contributed by atoms with Gasteiger partial charge >= 0.3 is 6.09 Å². The van der Waals surface area contributed by atoms with E-state index in [0.29, 0.717) is 6.42 Å². The molecule has 1 fully saturated rings. The van der Waals surface area contributed by atoms with Crippen molar-refractivity contribution < 1.29 is 17.9 Å². The Morgan fingerprint density at radius 3 is 2.59 bits per heavy atom. The summed E-state index contributed by atoms with van der Waals surface area (Å²) in [6, 6.07) is 5.77. The lowest BCUT2D eigenvalue weighted by molar-refractivity contribution is 0.170. The van der Waals surface area contributed by atoms with Crippen molar-refractivity contribution in [3.63, 3.8) is 0 Å². The molecule has 0 bridgehead atoms. The van der Waals surface area contributed by atoms with Crippen LogP contribution in [0, 0.1) is 6.92 Å². The lowest BCUT2D eigenvalue weighted by Gasteiger charge is -2.23. The average Bonchev–Trinajstić information content (AvgIpc) is 2.87. The maximum absolute atomic E-state index is 12.8. The molecule has 2 rings (SSSR count). The Morgan fingerprint density at radius 1 is 1.41 bits per heavy atom. The van der Waals surface area contributed by atoms with E-state index in [0.717, 1.165) is 15.4 Å². The van der Waals surface area contributed by atoms with Crippen LogP contribution in [0.5, 0.6) is 0 Å². The van der Waals surface area contributed by atoms with Crippen LogP contribution in [0.3, 0.4) is 0 Å². The molecule has 6 heteroatoms. The van der Waals surface area contributed by atoms with Gasteiger partial charge in [0.1, 0.15) is 12.6 Å². The fourth-order valence-electron chi connectivity index (χ4n) is 2.37. The van der Waals surface area contributed by atoms with E-state index in [4.69, 9.17) is 4.74 Å². The highest BCUT2D eigenvalue weighted by Gasteiger charge is 2.43. The van der Waals surface area contributed by atoms with Crippen LogP contribution in [0.2, 0.25) is 0 Å². The van der Waals surface area contributed by atoms with E-state index >= 15 is 0 Å². The molecule has 1 aliphatic heterocycles.